The minimum absolute atomic E-state index is 0.0588. The van der Waals surface area contributed by atoms with Crippen LogP contribution in [0.5, 0.6) is 0 Å². The Morgan fingerprint density at radius 2 is 1.84 bits per heavy atom. The average molecular weight is 568 g/mol. The number of likely N-dealkylation sites (tertiary alicyclic amines) is 1. The molecule has 5 amide bonds. The molecular formula is C23H30ClF4N5O5. The topological polar surface area (TPSA) is 128 Å². The summed E-state index contributed by atoms with van der Waals surface area (Å²) in [7, 11) is 0. The summed E-state index contributed by atoms with van der Waals surface area (Å²) >= 11 is 5.33. The molecule has 4 fully saturated rings. The van der Waals surface area contributed by atoms with Crippen molar-refractivity contribution in [3.63, 3.8) is 0 Å². The maximum absolute atomic E-state index is 13.7. The predicted octanol–water partition coefficient (Wildman–Crippen LogP) is 0.847. The van der Waals surface area contributed by atoms with Gasteiger partial charge in [0.15, 0.2) is 0 Å². The fourth-order valence-corrected chi connectivity index (χ4v) is 5.88. The van der Waals surface area contributed by atoms with Gasteiger partial charge in [0.25, 0.3) is 17.4 Å². The molecule has 212 valence electrons. The van der Waals surface area contributed by atoms with Crippen molar-refractivity contribution in [1.82, 2.24) is 26.0 Å². The van der Waals surface area contributed by atoms with Crippen molar-refractivity contribution in [1.29, 1.82) is 0 Å². The summed E-state index contributed by atoms with van der Waals surface area (Å²) in [5, 5.41) is 5.00. The van der Waals surface area contributed by atoms with Gasteiger partial charge in [0.05, 0.1) is 12.5 Å². The van der Waals surface area contributed by atoms with Crippen molar-refractivity contribution >= 4 is 41.1 Å². The number of alkyl halides is 5. The van der Waals surface area contributed by atoms with E-state index in [-0.39, 0.29) is 36.2 Å². The second-order valence-corrected chi connectivity index (χ2v) is 11.8. The lowest BCUT2D eigenvalue weighted by molar-refractivity contribution is -0.176. The first kappa shape index (κ1) is 28.4. The molecule has 0 spiro atoms. The molecule has 0 radical (unpaired) electrons. The molecule has 38 heavy (non-hydrogen) atoms. The van der Waals surface area contributed by atoms with E-state index in [1.165, 1.54) is 0 Å². The third-order valence-corrected chi connectivity index (χ3v) is 8.73. The number of fused-ring (bicyclic) bond motifs is 1. The minimum atomic E-state index is -5.20. The normalized spacial score (nSPS) is 30.0. The van der Waals surface area contributed by atoms with Gasteiger partial charge in [-0.3, -0.25) is 29.4 Å². The summed E-state index contributed by atoms with van der Waals surface area (Å²) in [6.07, 6.45) is -4.05. The molecule has 0 aromatic rings. The number of hydrogen-bond acceptors (Lipinski definition) is 5. The Bertz CT molecular complexity index is 1050. The van der Waals surface area contributed by atoms with E-state index in [2.05, 4.69) is 10.7 Å². The molecule has 2 saturated heterocycles. The summed E-state index contributed by atoms with van der Waals surface area (Å²) in [5.41, 5.74) is -1.50. The minimum Gasteiger partial charge on any atom is -0.356 e. The van der Waals surface area contributed by atoms with Crippen molar-refractivity contribution in [3.05, 3.63) is 0 Å². The molecule has 6 atom stereocenters. The number of hydrazine groups is 1. The Morgan fingerprint density at radius 3 is 2.34 bits per heavy atom. The Morgan fingerprint density at radius 1 is 1.21 bits per heavy atom. The number of hydrogen-bond donors (Lipinski definition) is 3. The maximum Gasteiger partial charge on any atom is 0.471 e. The molecule has 0 bridgehead atoms. The van der Waals surface area contributed by atoms with E-state index in [4.69, 9.17) is 11.6 Å². The molecule has 0 aromatic heterocycles. The van der Waals surface area contributed by atoms with E-state index in [0.29, 0.717) is 30.8 Å². The summed E-state index contributed by atoms with van der Waals surface area (Å²) in [4.78, 5) is 64.4. The number of amides is 5. The van der Waals surface area contributed by atoms with Gasteiger partial charge in [-0.2, -0.15) is 13.2 Å². The second-order valence-electron chi connectivity index (χ2n) is 11.4. The van der Waals surface area contributed by atoms with E-state index in [1.807, 2.05) is 19.2 Å². The average Bonchev–Trinajstić information content (AvgIpc) is 3.48. The van der Waals surface area contributed by atoms with Gasteiger partial charge in [-0.1, -0.05) is 32.4 Å². The zero-order chi connectivity index (χ0) is 28.4. The van der Waals surface area contributed by atoms with Gasteiger partial charge in [-0.15, -0.1) is 0 Å². The lowest BCUT2D eigenvalue weighted by atomic mass is 9.94. The van der Waals surface area contributed by atoms with Crippen molar-refractivity contribution in [3.8, 4) is 0 Å². The predicted molar refractivity (Wildman–Crippen MR) is 123 cm³/mol. The highest BCUT2D eigenvalue weighted by Gasteiger charge is 2.70. The number of rotatable bonds is 7. The summed E-state index contributed by atoms with van der Waals surface area (Å²) in [6.45, 7) is 5.37. The molecule has 0 aromatic carbocycles. The number of nitrogens with one attached hydrogen (secondary N) is 3. The molecule has 3 N–H and O–H groups in total. The van der Waals surface area contributed by atoms with Crippen LogP contribution in [0.25, 0.3) is 0 Å². The van der Waals surface area contributed by atoms with Gasteiger partial charge in [0.2, 0.25) is 11.8 Å². The first-order chi connectivity index (χ1) is 17.5. The van der Waals surface area contributed by atoms with Crippen LogP contribution in [-0.2, 0) is 24.0 Å². The molecule has 2 heterocycles. The fraction of sp³-hybridized carbons (Fsp3) is 0.783. The van der Waals surface area contributed by atoms with Crippen molar-refractivity contribution in [2.75, 3.05) is 19.6 Å². The van der Waals surface area contributed by atoms with Crippen LogP contribution in [0.2, 0.25) is 0 Å². The van der Waals surface area contributed by atoms with Crippen molar-refractivity contribution < 1.29 is 41.5 Å². The van der Waals surface area contributed by atoms with Crippen LogP contribution in [-0.4, -0.2) is 83.0 Å². The molecule has 2 aliphatic heterocycles. The van der Waals surface area contributed by atoms with Crippen LogP contribution < -0.4 is 16.1 Å². The van der Waals surface area contributed by atoms with Crippen LogP contribution in [0.3, 0.4) is 0 Å². The van der Waals surface area contributed by atoms with E-state index >= 15 is 0 Å². The Kier molecular flexibility index (Phi) is 7.11. The van der Waals surface area contributed by atoms with Gasteiger partial charge >= 0.3 is 12.1 Å². The summed E-state index contributed by atoms with van der Waals surface area (Å²) < 4.78 is 52.8. The lowest BCUT2D eigenvalue weighted by Crippen LogP contribution is -2.61. The van der Waals surface area contributed by atoms with E-state index in [9.17, 15) is 41.5 Å². The number of nitrogens with zero attached hydrogens (tertiary/aromatic N) is 2. The second kappa shape index (κ2) is 9.53. The third kappa shape index (κ3) is 5.15. The Hall–Kier alpha value is -2.64. The van der Waals surface area contributed by atoms with Gasteiger partial charge in [-0.05, 0) is 41.9 Å². The quantitative estimate of drug-likeness (QED) is 0.239. The van der Waals surface area contributed by atoms with Crippen LogP contribution in [0.4, 0.5) is 17.6 Å². The highest BCUT2D eigenvalue weighted by molar-refractivity contribution is 6.29. The van der Waals surface area contributed by atoms with Crippen LogP contribution in [0.1, 0.15) is 40.0 Å². The monoisotopic (exact) mass is 567 g/mol. The zero-order valence-electron chi connectivity index (χ0n) is 21.0. The highest BCUT2D eigenvalue weighted by Crippen LogP contribution is 2.65. The van der Waals surface area contributed by atoms with Crippen LogP contribution >= 0.6 is 11.6 Å². The largest absolute Gasteiger partial charge is 0.471 e. The summed E-state index contributed by atoms with van der Waals surface area (Å²) in [6, 6.07) is -2.71. The molecule has 4 rings (SSSR count). The number of halogens is 5. The van der Waals surface area contributed by atoms with Crippen molar-refractivity contribution in [2.45, 2.75) is 63.9 Å². The Balaban J connectivity index is 1.57. The third-order valence-electron chi connectivity index (χ3n) is 8.54. The molecule has 2 aliphatic carbocycles. The smallest absolute Gasteiger partial charge is 0.356 e. The first-order valence-electron chi connectivity index (χ1n) is 12.3. The van der Waals surface area contributed by atoms with E-state index < -0.39 is 58.9 Å². The number of carbonyl (C=O) groups excluding carboxylic acids is 5. The molecule has 2 saturated carbocycles. The molecule has 15 heteroatoms. The number of carbonyl (C=O) groups is 5. The Labute approximate surface area is 221 Å². The van der Waals surface area contributed by atoms with Gasteiger partial charge in [-0.25, -0.2) is 9.40 Å². The summed E-state index contributed by atoms with van der Waals surface area (Å²) in [5.74, 6) is -6.90. The molecule has 10 nitrogen and oxygen atoms in total. The lowest BCUT2D eigenvalue weighted by Gasteiger charge is -2.36. The zero-order valence-corrected chi connectivity index (χ0v) is 21.8. The van der Waals surface area contributed by atoms with Crippen molar-refractivity contribution in [2.24, 2.45) is 28.6 Å². The highest BCUT2D eigenvalue weighted by atomic mass is 35.5. The van der Waals surface area contributed by atoms with E-state index in [0.717, 1.165) is 4.90 Å². The van der Waals surface area contributed by atoms with Gasteiger partial charge < -0.3 is 15.5 Å². The van der Waals surface area contributed by atoms with Crippen LogP contribution in [0, 0.1) is 28.6 Å². The SMILES string of the molecule is CC1(C(NC(=O)C(F)(F)F)C(=O)N2C[C@H]3[C@@H]([C@H]2C(=O)NN(C[C@@H]2CCNC2=O)C(=O)C(F)Cl)C3(C)C)CC1. The van der Waals surface area contributed by atoms with Gasteiger partial charge in [0, 0.05) is 13.1 Å². The molecular weight excluding hydrogens is 538 g/mol. The maximum atomic E-state index is 13.7. The standard InChI is InChI=1S/C23H30ClF4N5O5/c1-21(2)11-9-32(18(36)14(22(3)5-6-22)30-20(38)23(26,27)28)13(12(11)21)17(35)31-33(19(37)15(24)25)8-10-4-7-29-16(10)34/h10-15H,4-9H2,1-3H3,(H,29,34)(H,30,38)(H,31,35)/t10-,11-,12-,13-,14?,15?/m0/s1. The van der Waals surface area contributed by atoms with E-state index in [1.54, 1.807) is 6.92 Å². The fourth-order valence-electron chi connectivity index (χ4n) is 5.76. The molecule has 2 unspecified atom stereocenters. The molecule has 4 aliphatic rings. The number of piperidine rings is 1. The first-order valence-corrected chi connectivity index (χ1v) is 12.8. The van der Waals surface area contributed by atoms with Crippen LogP contribution in [0.15, 0.2) is 0 Å². The van der Waals surface area contributed by atoms with Gasteiger partial charge in [0.1, 0.15) is 12.1 Å².